The zero-order valence-corrected chi connectivity index (χ0v) is 17.5. The Morgan fingerprint density at radius 1 is 1.13 bits per heavy atom. The quantitative estimate of drug-likeness (QED) is 0.684. The van der Waals surface area contributed by atoms with Crippen LogP contribution < -0.4 is 15.8 Å². The number of rotatable bonds is 4. The van der Waals surface area contributed by atoms with E-state index in [0.717, 1.165) is 55.0 Å². The Bertz CT molecular complexity index is 1130. The van der Waals surface area contributed by atoms with E-state index in [1.165, 1.54) is 5.56 Å². The number of fused-ring (bicyclic) bond motifs is 1. The minimum Gasteiger partial charge on any atom is -0.368 e. The van der Waals surface area contributed by atoms with Crippen molar-refractivity contribution in [3.63, 3.8) is 0 Å². The fourth-order valence-electron chi connectivity index (χ4n) is 3.84. The lowest BCUT2D eigenvalue weighted by molar-refractivity contribution is 0.0958. The number of amides is 1. The van der Waals surface area contributed by atoms with Gasteiger partial charge in [-0.15, -0.1) is 0 Å². The predicted molar refractivity (Wildman–Crippen MR) is 117 cm³/mol. The number of anilines is 1. The molecule has 3 aromatic rings. The Kier molecular flexibility index (Phi) is 5.50. The second kappa shape index (κ2) is 8.23. The lowest BCUT2D eigenvalue weighted by Gasteiger charge is -2.36. The molecule has 1 fully saturated rings. The molecule has 0 spiro atoms. The lowest BCUT2D eigenvalue weighted by atomic mass is 10.1. The first kappa shape index (κ1) is 20.0. The number of benzene rings is 1. The summed E-state index contributed by atoms with van der Waals surface area (Å²) in [4.78, 5) is 39.9. The first-order valence-electron chi connectivity index (χ1n) is 10.1. The van der Waals surface area contributed by atoms with Gasteiger partial charge in [0, 0.05) is 39.8 Å². The molecule has 30 heavy (non-hydrogen) atoms. The maximum absolute atomic E-state index is 12.0. The summed E-state index contributed by atoms with van der Waals surface area (Å²) in [7, 11) is 1.60. The smallest absolute Gasteiger partial charge is 0.269 e. The zero-order chi connectivity index (χ0) is 21.3. The highest BCUT2D eigenvalue weighted by Crippen LogP contribution is 2.21. The Hall–Kier alpha value is -3.26. The van der Waals surface area contributed by atoms with Gasteiger partial charge < -0.3 is 15.2 Å². The summed E-state index contributed by atoms with van der Waals surface area (Å²) in [5.41, 5.74) is 5.74. The van der Waals surface area contributed by atoms with E-state index in [1.54, 1.807) is 26.2 Å². The number of hydrogen-bond donors (Lipinski definition) is 2. The Morgan fingerprint density at radius 3 is 2.57 bits per heavy atom. The van der Waals surface area contributed by atoms with Crippen LogP contribution >= 0.6 is 0 Å². The molecule has 156 valence electrons. The van der Waals surface area contributed by atoms with Gasteiger partial charge in [0.25, 0.3) is 11.5 Å². The lowest BCUT2D eigenvalue weighted by Crippen LogP contribution is -2.46. The summed E-state index contributed by atoms with van der Waals surface area (Å²) < 4.78 is 0. The number of nitrogens with zero attached hydrogens (tertiary/aromatic N) is 4. The van der Waals surface area contributed by atoms with Crippen molar-refractivity contribution in [2.75, 3.05) is 38.1 Å². The molecule has 1 aliphatic rings. The standard InChI is InChI=1S/C22H26N6O2/c1-14-16(4-6-18-20(14)26-21(29)15(2)25-18)13-27-8-10-28(11-9-27)17-5-7-19(24-12-17)22(30)23-3/h4-7,12H,8-11,13H2,1-3H3,(H,23,30)(H,26,29). The van der Waals surface area contributed by atoms with Gasteiger partial charge in [-0.3, -0.25) is 14.5 Å². The monoisotopic (exact) mass is 406 g/mol. The van der Waals surface area contributed by atoms with E-state index in [2.05, 4.69) is 36.1 Å². The normalized spacial score (nSPS) is 14.8. The van der Waals surface area contributed by atoms with Crippen LogP contribution in [-0.4, -0.2) is 59.0 Å². The van der Waals surface area contributed by atoms with Gasteiger partial charge in [0.15, 0.2) is 0 Å². The number of carbonyl (C=O) groups is 1. The molecule has 1 aliphatic heterocycles. The average Bonchev–Trinajstić information content (AvgIpc) is 2.77. The highest BCUT2D eigenvalue weighted by molar-refractivity contribution is 5.92. The molecule has 4 rings (SSSR count). The van der Waals surface area contributed by atoms with Gasteiger partial charge in [-0.1, -0.05) is 6.07 Å². The van der Waals surface area contributed by atoms with E-state index in [4.69, 9.17) is 0 Å². The second-order valence-corrected chi connectivity index (χ2v) is 7.64. The number of aromatic amines is 1. The van der Waals surface area contributed by atoms with Crippen molar-refractivity contribution < 1.29 is 4.79 Å². The fourth-order valence-corrected chi connectivity index (χ4v) is 3.84. The van der Waals surface area contributed by atoms with Crippen molar-refractivity contribution in [1.29, 1.82) is 0 Å². The molecular weight excluding hydrogens is 380 g/mol. The number of hydrogen-bond acceptors (Lipinski definition) is 6. The van der Waals surface area contributed by atoms with E-state index in [1.807, 2.05) is 19.1 Å². The van der Waals surface area contributed by atoms with Crippen LogP contribution in [0.15, 0.2) is 35.3 Å². The number of aromatic nitrogens is 3. The van der Waals surface area contributed by atoms with Crippen molar-refractivity contribution in [2.45, 2.75) is 20.4 Å². The van der Waals surface area contributed by atoms with Crippen LogP contribution in [0.25, 0.3) is 11.0 Å². The van der Waals surface area contributed by atoms with E-state index in [9.17, 15) is 9.59 Å². The maximum Gasteiger partial charge on any atom is 0.269 e. The van der Waals surface area contributed by atoms with Crippen molar-refractivity contribution >= 4 is 22.6 Å². The summed E-state index contributed by atoms with van der Waals surface area (Å²) in [5, 5.41) is 2.59. The fraction of sp³-hybridized carbons (Fsp3) is 0.364. The Morgan fingerprint density at radius 2 is 1.90 bits per heavy atom. The molecule has 8 nitrogen and oxygen atoms in total. The summed E-state index contributed by atoms with van der Waals surface area (Å²) >= 11 is 0. The molecule has 1 amide bonds. The van der Waals surface area contributed by atoms with Crippen LogP contribution in [0.1, 0.15) is 27.3 Å². The number of H-pyrrole nitrogens is 1. The summed E-state index contributed by atoms with van der Waals surface area (Å²) in [6, 6.07) is 7.80. The van der Waals surface area contributed by atoms with Gasteiger partial charge in [0.1, 0.15) is 11.4 Å². The second-order valence-electron chi connectivity index (χ2n) is 7.64. The number of piperazine rings is 1. The summed E-state index contributed by atoms with van der Waals surface area (Å²) in [5.74, 6) is -0.177. The van der Waals surface area contributed by atoms with Crippen LogP contribution in [0.2, 0.25) is 0 Å². The molecule has 0 radical (unpaired) electrons. The van der Waals surface area contributed by atoms with Crippen LogP contribution in [0.4, 0.5) is 5.69 Å². The van der Waals surface area contributed by atoms with E-state index in [-0.39, 0.29) is 11.5 Å². The third-order valence-electron chi connectivity index (χ3n) is 5.75. The highest BCUT2D eigenvalue weighted by atomic mass is 16.1. The van der Waals surface area contributed by atoms with Crippen molar-refractivity contribution in [1.82, 2.24) is 25.2 Å². The molecule has 1 saturated heterocycles. The molecule has 0 unspecified atom stereocenters. The van der Waals surface area contributed by atoms with Crippen LogP contribution in [0, 0.1) is 13.8 Å². The SMILES string of the molecule is CNC(=O)c1ccc(N2CCN(Cc3ccc4nc(C)c(=O)[nH]c4c3C)CC2)cn1. The topological polar surface area (TPSA) is 94.2 Å². The van der Waals surface area contributed by atoms with Gasteiger partial charge in [-0.2, -0.15) is 0 Å². The largest absolute Gasteiger partial charge is 0.368 e. The minimum atomic E-state index is -0.177. The first-order valence-corrected chi connectivity index (χ1v) is 10.1. The molecule has 0 atom stereocenters. The molecular formula is C22H26N6O2. The molecule has 1 aromatic carbocycles. The van der Waals surface area contributed by atoms with E-state index < -0.39 is 0 Å². The van der Waals surface area contributed by atoms with Crippen LogP contribution in [-0.2, 0) is 6.54 Å². The van der Waals surface area contributed by atoms with Gasteiger partial charge in [0.2, 0.25) is 0 Å². The first-order chi connectivity index (χ1) is 14.5. The van der Waals surface area contributed by atoms with Crippen molar-refractivity contribution in [2.24, 2.45) is 0 Å². The van der Waals surface area contributed by atoms with E-state index in [0.29, 0.717) is 11.4 Å². The van der Waals surface area contributed by atoms with E-state index >= 15 is 0 Å². The third kappa shape index (κ3) is 3.91. The molecule has 8 heteroatoms. The zero-order valence-electron chi connectivity index (χ0n) is 17.5. The molecule has 3 heterocycles. The molecule has 0 bridgehead atoms. The summed E-state index contributed by atoms with van der Waals surface area (Å²) in [6.45, 7) is 8.24. The molecule has 0 aliphatic carbocycles. The number of aryl methyl sites for hydroxylation is 2. The third-order valence-corrected chi connectivity index (χ3v) is 5.75. The minimum absolute atomic E-state index is 0.132. The molecule has 0 saturated carbocycles. The number of carbonyl (C=O) groups excluding carboxylic acids is 1. The molecule has 2 N–H and O–H groups in total. The van der Waals surface area contributed by atoms with Crippen LogP contribution in [0.5, 0.6) is 0 Å². The van der Waals surface area contributed by atoms with Gasteiger partial charge in [0.05, 0.1) is 22.9 Å². The Labute approximate surface area is 175 Å². The van der Waals surface area contributed by atoms with Crippen molar-refractivity contribution in [3.05, 3.63) is 63.3 Å². The van der Waals surface area contributed by atoms with Gasteiger partial charge >= 0.3 is 0 Å². The number of nitrogens with one attached hydrogen (secondary N) is 2. The van der Waals surface area contributed by atoms with Crippen molar-refractivity contribution in [3.8, 4) is 0 Å². The van der Waals surface area contributed by atoms with Gasteiger partial charge in [-0.25, -0.2) is 9.97 Å². The maximum atomic E-state index is 12.0. The average molecular weight is 406 g/mol. The highest BCUT2D eigenvalue weighted by Gasteiger charge is 2.19. The Balaban J connectivity index is 1.42. The van der Waals surface area contributed by atoms with Crippen LogP contribution in [0.3, 0.4) is 0 Å². The summed E-state index contributed by atoms with van der Waals surface area (Å²) in [6.07, 6.45) is 1.76. The predicted octanol–water partition coefficient (Wildman–Crippen LogP) is 1.62. The molecule has 2 aromatic heterocycles. The number of pyridine rings is 1. The van der Waals surface area contributed by atoms with Gasteiger partial charge in [-0.05, 0) is 43.2 Å².